The molecule has 2 aromatic heterocycles. The number of nitrogen functional groups attached to an aromatic ring is 1. The Kier molecular flexibility index (Phi) is 4.90. The van der Waals surface area contributed by atoms with Gasteiger partial charge in [0.15, 0.2) is 0 Å². The number of nitrogens with zero attached hydrogens (tertiary/aromatic N) is 1. The van der Waals surface area contributed by atoms with Gasteiger partial charge >= 0.3 is 0 Å². The molecule has 2 aromatic carbocycles. The van der Waals surface area contributed by atoms with Crippen LogP contribution >= 0.6 is 11.3 Å². The second-order valence-corrected chi connectivity index (χ2v) is 7.54. The highest BCUT2D eigenvalue weighted by Crippen LogP contribution is 2.35. The van der Waals surface area contributed by atoms with Gasteiger partial charge in [-0.2, -0.15) is 0 Å². The summed E-state index contributed by atoms with van der Waals surface area (Å²) in [5.41, 5.74) is 9.10. The van der Waals surface area contributed by atoms with Crippen LogP contribution in [0.15, 0.2) is 54.6 Å². The Balaban J connectivity index is 1.67. The van der Waals surface area contributed by atoms with Gasteiger partial charge in [-0.25, -0.2) is 9.37 Å². The van der Waals surface area contributed by atoms with E-state index in [0.717, 1.165) is 17.0 Å². The van der Waals surface area contributed by atoms with E-state index in [4.69, 9.17) is 10.5 Å². The van der Waals surface area contributed by atoms with E-state index in [-0.39, 0.29) is 5.82 Å². The number of hydrogen-bond acceptors (Lipinski definition) is 5. The highest BCUT2D eigenvalue weighted by Gasteiger charge is 2.18. The second-order valence-electron chi connectivity index (χ2n) is 6.54. The van der Waals surface area contributed by atoms with E-state index >= 15 is 0 Å². The first-order chi connectivity index (χ1) is 14.0. The zero-order chi connectivity index (χ0) is 20.5. The molecule has 146 valence electrons. The number of hydrogen-bond donors (Lipinski definition) is 2. The van der Waals surface area contributed by atoms with Crippen molar-refractivity contribution in [2.75, 3.05) is 18.2 Å². The fourth-order valence-electron chi connectivity index (χ4n) is 2.97. The molecule has 0 aliphatic heterocycles. The van der Waals surface area contributed by atoms with Crippen molar-refractivity contribution in [1.82, 2.24) is 4.98 Å². The van der Waals surface area contributed by atoms with E-state index in [2.05, 4.69) is 10.3 Å². The molecular formula is C22H18FN3O2S. The molecule has 5 nitrogen and oxygen atoms in total. The molecule has 0 aliphatic rings. The second kappa shape index (κ2) is 7.52. The largest absolute Gasteiger partial charge is 0.497 e. The number of thiophene rings is 1. The molecule has 7 heteroatoms. The van der Waals surface area contributed by atoms with Gasteiger partial charge in [-0.05, 0) is 48.9 Å². The van der Waals surface area contributed by atoms with Crippen LogP contribution in [0.4, 0.5) is 15.8 Å². The lowest BCUT2D eigenvalue weighted by Crippen LogP contribution is -2.12. The number of pyridine rings is 1. The van der Waals surface area contributed by atoms with Crippen molar-refractivity contribution < 1.29 is 13.9 Å². The summed E-state index contributed by atoms with van der Waals surface area (Å²) < 4.78 is 19.0. The number of nitrogens with two attached hydrogens (primary N) is 1. The molecule has 29 heavy (non-hydrogen) atoms. The topological polar surface area (TPSA) is 77.2 Å². The third kappa shape index (κ3) is 3.64. The van der Waals surface area contributed by atoms with Gasteiger partial charge in [-0.15, -0.1) is 11.3 Å². The van der Waals surface area contributed by atoms with E-state index in [1.165, 1.54) is 17.4 Å². The number of methoxy groups -OCH3 is 1. The number of ether oxygens (including phenoxy) is 1. The molecule has 0 saturated carbocycles. The lowest BCUT2D eigenvalue weighted by atomic mass is 10.1. The summed E-state index contributed by atoms with van der Waals surface area (Å²) in [6.07, 6.45) is 0. The fraction of sp³-hybridized carbons (Fsp3) is 0.0909. The predicted octanol–water partition coefficient (Wildman–Crippen LogP) is 5.25. The van der Waals surface area contributed by atoms with Gasteiger partial charge in [0, 0.05) is 16.6 Å². The van der Waals surface area contributed by atoms with E-state index in [1.54, 1.807) is 26.2 Å². The van der Waals surface area contributed by atoms with Crippen LogP contribution < -0.4 is 15.8 Å². The van der Waals surface area contributed by atoms with Crippen LogP contribution in [0, 0.1) is 12.7 Å². The quantitative estimate of drug-likeness (QED) is 0.484. The van der Waals surface area contributed by atoms with Crippen LogP contribution in [0.25, 0.3) is 21.5 Å². The van der Waals surface area contributed by atoms with Crippen molar-refractivity contribution in [2.24, 2.45) is 0 Å². The molecule has 0 spiro atoms. The van der Waals surface area contributed by atoms with E-state index < -0.39 is 5.91 Å². The predicted molar refractivity (Wildman–Crippen MR) is 115 cm³/mol. The molecule has 0 aliphatic carbocycles. The first-order valence-electron chi connectivity index (χ1n) is 8.87. The number of halogens is 1. The molecule has 1 amide bonds. The van der Waals surface area contributed by atoms with E-state index in [9.17, 15) is 9.18 Å². The Morgan fingerprint density at radius 2 is 2.00 bits per heavy atom. The van der Waals surface area contributed by atoms with Gasteiger partial charge < -0.3 is 15.8 Å². The van der Waals surface area contributed by atoms with Crippen molar-refractivity contribution in [1.29, 1.82) is 0 Å². The summed E-state index contributed by atoms with van der Waals surface area (Å²) in [7, 11) is 1.61. The maximum atomic E-state index is 13.7. The number of carbonyl (C=O) groups is 1. The number of aryl methyl sites for hydroxylation is 1. The van der Waals surface area contributed by atoms with Crippen molar-refractivity contribution in [3.05, 3.63) is 70.9 Å². The summed E-state index contributed by atoms with van der Waals surface area (Å²) in [6.45, 7) is 1.66. The summed E-state index contributed by atoms with van der Waals surface area (Å²) in [5, 5.41) is 3.41. The first kappa shape index (κ1) is 18.9. The minimum absolute atomic E-state index is 0.344. The molecule has 0 radical (unpaired) electrons. The van der Waals surface area contributed by atoms with Crippen LogP contribution in [-0.4, -0.2) is 18.0 Å². The average molecular weight is 407 g/mol. The molecule has 0 bridgehead atoms. The number of rotatable bonds is 4. The molecule has 2 heterocycles. The van der Waals surface area contributed by atoms with Gasteiger partial charge in [0.25, 0.3) is 5.91 Å². The van der Waals surface area contributed by atoms with Crippen molar-refractivity contribution in [3.63, 3.8) is 0 Å². The van der Waals surface area contributed by atoms with E-state index in [1.807, 2.05) is 36.4 Å². The van der Waals surface area contributed by atoms with Gasteiger partial charge in [-0.1, -0.05) is 18.2 Å². The summed E-state index contributed by atoms with van der Waals surface area (Å²) >= 11 is 1.20. The van der Waals surface area contributed by atoms with Crippen LogP contribution in [-0.2, 0) is 0 Å². The van der Waals surface area contributed by atoms with Crippen molar-refractivity contribution in [3.8, 4) is 17.0 Å². The molecule has 0 atom stereocenters. The minimum atomic E-state index is -0.392. The Morgan fingerprint density at radius 1 is 1.17 bits per heavy atom. The maximum Gasteiger partial charge on any atom is 0.267 e. The van der Waals surface area contributed by atoms with Crippen LogP contribution in [0.2, 0.25) is 0 Å². The molecule has 4 rings (SSSR count). The van der Waals surface area contributed by atoms with Crippen molar-refractivity contribution >= 4 is 38.8 Å². The average Bonchev–Trinajstić information content (AvgIpc) is 3.07. The van der Waals surface area contributed by atoms with Gasteiger partial charge in [0.1, 0.15) is 21.3 Å². The monoisotopic (exact) mass is 407 g/mol. The third-order valence-corrected chi connectivity index (χ3v) is 5.71. The molecule has 3 N–H and O–H groups in total. The lowest BCUT2D eigenvalue weighted by molar-refractivity contribution is 0.103. The van der Waals surface area contributed by atoms with Gasteiger partial charge in [0.05, 0.1) is 18.5 Å². The molecule has 0 saturated heterocycles. The number of amides is 1. The highest BCUT2D eigenvalue weighted by atomic mass is 32.1. The Morgan fingerprint density at radius 3 is 2.76 bits per heavy atom. The smallest absolute Gasteiger partial charge is 0.267 e. The number of nitrogens with one attached hydrogen (secondary N) is 1. The third-order valence-electron chi connectivity index (χ3n) is 4.60. The van der Waals surface area contributed by atoms with Crippen LogP contribution in [0.3, 0.4) is 0 Å². The molecule has 4 aromatic rings. The number of fused-ring (bicyclic) bond motifs is 1. The number of aromatic nitrogens is 1. The summed E-state index contributed by atoms with van der Waals surface area (Å²) in [5.74, 6) is -0.0334. The van der Waals surface area contributed by atoms with Crippen molar-refractivity contribution in [2.45, 2.75) is 6.92 Å². The first-order valence-corrected chi connectivity index (χ1v) is 9.69. The standard InChI is InChI=1S/C22H18FN3O2S/c1-12-6-7-14(11-17(12)23)25-21(27)20-19(24)16-8-9-18(26-22(16)29-20)13-4-3-5-15(10-13)28-2/h3-11H,24H2,1-2H3,(H,25,27). The fourth-order valence-corrected chi connectivity index (χ4v) is 3.96. The number of benzene rings is 2. The Labute approximate surface area is 171 Å². The highest BCUT2D eigenvalue weighted by molar-refractivity contribution is 7.21. The lowest BCUT2D eigenvalue weighted by Gasteiger charge is -2.05. The molecule has 0 unspecified atom stereocenters. The normalized spacial score (nSPS) is 10.9. The number of anilines is 2. The summed E-state index contributed by atoms with van der Waals surface area (Å²) in [6, 6.07) is 15.8. The Bertz CT molecular complexity index is 1240. The maximum absolute atomic E-state index is 13.7. The minimum Gasteiger partial charge on any atom is -0.497 e. The Hall–Kier alpha value is -3.45. The van der Waals surface area contributed by atoms with Gasteiger partial charge in [0.2, 0.25) is 0 Å². The zero-order valence-electron chi connectivity index (χ0n) is 15.8. The van der Waals surface area contributed by atoms with E-state index in [0.29, 0.717) is 32.0 Å². The van der Waals surface area contributed by atoms with Crippen LogP contribution in [0.1, 0.15) is 15.2 Å². The van der Waals surface area contributed by atoms with Crippen LogP contribution in [0.5, 0.6) is 5.75 Å². The number of carbonyl (C=O) groups excluding carboxylic acids is 1. The molecule has 0 fully saturated rings. The summed E-state index contributed by atoms with van der Waals surface area (Å²) in [4.78, 5) is 18.4. The molecular weight excluding hydrogens is 389 g/mol. The SMILES string of the molecule is COc1cccc(-c2ccc3c(N)c(C(=O)Nc4ccc(C)c(F)c4)sc3n2)c1. The zero-order valence-corrected chi connectivity index (χ0v) is 16.6. The van der Waals surface area contributed by atoms with Gasteiger partial charge in [-0.3, -0.25) is 4.79 Å².